The molecule has 0 radical (unpaired) electrons. The highest BCUT2D eigenvalue weighted by Crippen LogP contribution is 2.57. The fourth-order valence-electron chi connectivity index (χ4n) is 6.78. The Morgan fingerprint density at radius 2 is 1.72 bits per heavy atom. The summed E-state index contributed by atoms with van der Waals surface area (Å²) in [4.78, 5) is 67.3. The molecule has 13 nitrogen and oxygen atoms in total. The molecule has 0 spiro atoms. The fraction of sp³-hybridized carbons (Fsp3) is 0.333. The molecular formula is C30H29N3O10. The van der Waals surface area contributed by atoms with Crippen LogP contribution in [0.1, 0.15) is 34.3 Å². The van der Waals surface area contributed by atoms with E-state index in [9.17, 15) is 44.5 Å². The van der Waals surface area contributed by atoms with E-state index in [1.54, 1.807) is 13.0 Å². The zero-order chi connectivity index (χ0) is 31.5. The Bertz CT molecular complexity index is 1640. The number of ketones is 2. The first-order valence-electron chi connectivity index (χ1n) is 13.3. The number of carbonyl (C=O) groups excluding carboxylic acids is 4. The van der Waals surface area contributed by atoms with Crippen molar-refractivity contribution in [2.75, 3.05) is 14.1 Å². The molecule has 0 saturated carbocycles. The second-order valence-electron chi connectivity index (χ2n) is 11.2. The predicted molar refractivity (Wildman–Crippen MR) is 149 cm³/mol. The third-order valence-corrected chi connectivity index (χ3v) is 8.61. The van der Waals surface area contributed by atoms with Crippen molar-refractivity contribution >= 4 is 23.4 Å². The molecule has 0 bridgehead atoms. The number of nitrogens with zero attached hydrogens (tertiary/aromatic N) is 2. The number of rotatable bonds is 6. The second-order valence-corrected chi connectivity index (χ2v) is 11.2. The summed E-state index contributed by atoms with van der Waals surface area (Å²) in [5, 5.41) is 46.7. The summed E-state index contributed by atoms with van der Waals surface area (Å²) in [5.41, 5.74) is 0.763. The predicted octanol–water partition coefficient (Wildman–Crippen LogP) is 1.36. The lowest BCUT2D eigenvalue weighted by molar-refractivity contribution is -0.173. The highest BCUT2D eigenvalue weighted by Gasteiger charge is 2.68. The van der Waals surface area contributed by atoms with Gasteiger partial charge >= 0.3 is 5.97 Å². The van der Waals surface area contributed by atoms with E-state index in [-0.39, 0.29) is 17.7 Å². The van der Waals surface area contributed by atoms with Gasteiger partial charge in [-0.3, -0.25) is 24.1 Å². The molecule has 0 heterocycles. The lowest BCUT2D eigenvalue weighted by Gasteiger charge is -2.54. The summed E-state index contributed by atoms with van der Waals surface area (Å²) in [6, 6.07) is 8.57. The molecule has 5 rings (SSSR count). The first-order valence-corrected chi connectivity index (χ1v) is 13.3. The molecule has 2 aromatic carbocycles. The van der Waals surface area contributed by atoms with E-state index in [0.29, 0.717) is 11.1 Å². The van der Waals surface area contributed by atoms with Gasteiger partial charge in [0.25, 0.3) is 5.91 Å². The van der Waals surface area contributed by atoms with Crippen molar-refractivity contribution in [2.24, 2.45) is 22.7 Å². The SMILES string of the molecule is C[C@H]1c2cccc(O)c2C(=O)C2=C(N=O)[C@]3(O)C(O)=C(C(N)=O)C(=O)[C@@H](N(C)C)[C@@H]3[C@@H](OC(=O)Cc3ccc(O)cc3)[C@@H]21. The number of esters is 1. The van der Waals surface area contributed by atoms with Gasteiger partial charge in [-0.1, -0.05) is 31.2 Å². The largest absolute Gasteiger partial charge is 0.508 e. The van der Waals surface area contributed by atoms with Crippen LogP contribution in [0.3, 0.4) is 0 Å². The maximum absolute atomic E-state index is 14.0. The van der Waals surface area contributed by atoms with Crippen LogP contribution in [0.25, 0.3) is 0 Å². The summed E-state index contributed by atoms with van der Waals surface area (Å²) < 4.78 is 5.98. The number of hydrogen-bond donors (Lipinski definition) is 5. The van der Waals surface area contributed by atoms with Crippen molar-refractivity contribution in [1.82, 2.24) is 4.90 Å². The molecule has 0 fully saturated rings. The number of Topliss-reactive ketones (excluding diaryl/α,β-unsaturated/α-hetero) is 2. The van der Waals surface area contributed by atoms with Crippen molar-refractivity contribution in [3.05, 3.63) is 86.7 Å². The van der Waals surface area contributed by atoms with Crippen molar-refractivity contribution in [2.45, 2.75) is 37.0 Å². The number of likely N-dealkylation sites (N-methyl/N-ethyl adjacent to an activating group) is 1. The van der Waals surface area contributed by atoms with Crippen LogP contribution in [-0.2, 0) is 25.5 Å². The van der Waals surface area contributed by atoms with Crippen molar-refractivity contribution in [1.29, 1.82) is 0 Å². The van der Waals surface area contributed by atoms with Gasteiger partial charge in [0.2, 0.25) is 0 Å². The number of phenols is 2. The first kappa shape index (κ1) is 29.6. The smallest absolute Gasteiger partial charge is 0.310 e. The third-order valence-electron chi connectivity index (χ3n) is 8.61. The third kappa shape index (κ3) is 4.31. The standard InChI is InChI=1S/C30H29N3O10/c1-12-15-5-4-6-16(35)19(15)24(37)20-18(12)26(43-17(36)11-13-7-9-14(34)10-8-13)22-23(33(2)3)25(38)21(29(31)40)28(39)30(22,41)27(20)32-42/h4-10,12,18,22-23,26,34-35,39,41H,11H2,1-3H3,(H2,31,40)/t12-,18+,22+,23-,26-,30-/m0/s1. The number of carbonyl (C=O) groups is 4. The Balaban J connectivity index is 1.80. The van der Waals surface area contributed by atoms with E-state index in [0.717, 1.165) is 0 Å². The number of nitroso groups, excluding NO2 is 1. The van der Waals surface area contributed by atoms with Crippen LogP contribution in [0.4, 0.5) is 0 Å². The van der Waals surface area contributed by atoms with E-state index in [4.69, 9.17) is 10.5 Å². The van der Waals surface area contributed by atoms with E-state index in [1.165, 1.54) is 55.4 Å². The lowest BCUT2D eigenvalue weighted by atomic mass is 9.55. The van der Waals surface area contributed by atoms with Crippen molar-refractivity contribution in [3.8, 4) is 11.5 Å². The van der Waals surface area contributed by atoms with Crippen LogP contribution in [-0.4, -0.2) is 80.6 Å². The molecular weight excluding hydrogens is 562 g/mol. The number of primary amides is 1. The van der Waals surface area contributed by atoms with E-state index < -0.39 is 87.3 Å². The number of benzene rings is 2. The molecule has 0 saturated heterocycles. The number of ether oxygens (including phenoxy) is 1. The van der Waals surface area contributed by atoms with Gasteiger partial charge in [-0.2, -0.15) is 0 Å². The van der Waals surface area contributed by atoms with Gasteiger partial charge in [-0.25, -0.2) is 0 Å². The molecule has 3 aliphatic carbocycles. The zero-order valence-electron chi connectivity index (χ0n) is 23.3. The van der Waals surface area contributed by atoms with E-state index in [1.807, 2.05) is 0 Å². The van der Waals surface area contributed by atoms with Gasteiger partial charge in [-0.05, 0) is 54.5 Å². The van der Waals surface area contributed by atoms with E-state index in [2.05, 4.69) is 5.18 Å². The Kier molecular flexibility index (Phi) is 7.19. The summed E-state index contributed by atoms with van der Waals surface area (Å²) in [6.07, 6.45) is -1.86. The second kappa shape index (κ2) is 10.4. The minimum absolute atomic E-state index is 0.0309. The molecule has 224 valence electrons. The number of fused-ring (bicyclic) bond motifs is 3. The van der Waals surface area contributed by atoms with Gasteiger partial charge < -0.3 is 30.9 Å². The molecule has 0 aliphatic heterocycles. The van der Waals surface area contributed by atoms with Gasteiger partial charge in [0.05, 0.1) is 23.9 Å². The summed E-state index contributed by atoms with van der Waals surface area (Å²) in [6.45, 7) is 1.66. The molecule has 0 unspecified atom stereocenters. The Morgan fingerprint density at radius 1 is 1.07 bits per heavy atom. The number of amides is 1. The fourth-order valence-corrected chi connectivity index (χ4v) is 6.78. The summed E-state index contributed by atoms with van der Waals surface area (Å²) in [7, 11) is 2.88. The van der Waals surface area contributed by atoms with Crippen molar-refractivity contribution in [3.63, 3.8) is 0 Å². The lowest BCUT2D eigenvalue weighted by Crippen LogP contribution is -2.68. The number of aliphatic hydroxyl groups excluding tert-OH is 1. The first-order chi connectivity index (χ1) is 20.2. The Hall–Kier alpha value is -4.88. The Morgan fingerprint density at radius 3 is 2.30 bits per heavy atom. The molecule has 6 N–H and O–H groups in total. The molecule has 1 amide bonds. The minimum atomic E-state index is -2.97. The normalized spacial score (nSPS) is 28.3. The average molecular weight is 592 g/mol. The number of hydrogen-bond acceptors (Lipinski definition) is 12. The van der Waals surface area contributed by atoms with Crippen LogP contribution in [0.2, 0.25) is 0 Å². The molecule has 3 aliphatic rings. The van der Waals surface area contributed by atoms with Crippen LogP contribution in [0.15, 0.2) is 70.2 Å². The van der Waals surface area contributed by atoms with Gasteiger partial charge in [0.15, 0.2) is 17.2 Å². The molecule has 43 heavy (non-hydrogen) atoms. The van der Waals surface area contributed by atoms with Crippen LogP contribution < -0.4 is 5.73 Å². The number of phenolic OH excluding ortho intramolecular Hbond substituents is 2. The molecule has 13 heteroatoms. The highest BCUT2D eigenvalue weighted by atomic mass is 16.5. The quantitative estimate of drug-likeness (QED) is 0.183. The molecule has 6 atom stereocenters. The summed E-state index contributed by atoms with van der Waals surface area (Å²) >= 11 is 0. The topological polar surface area (TPSA) is 217 Å². The summed E-state index contributed by atoms with van der Waals surface area (Å²) in [5.74, 6) is -9.46. The van der Waals surface area contributed by atoms with Gasteiger partial charge in [0, 0.05) is 11.5 Å². The minimum Gasteiger partial charge on any atom is -0.508 e. The maximum atomic E-state index is 14.0. The van der Waals surface area contributed by atoms with Gasteiger partial charge in [-0.15, -0.1) is 4.91 Å². The average Bonchev–Trinajstić information content (AvgIpc) is 2.93. The van der Waals surface area contributed by atoms with Crippen LogP contribution in [0, 0.1) is 16.7 Å². The number of aromatic hydroxyl groups is 2. The monoisotopic (exact) mass is 591 g/mol. The van der Waals surface area contributed by atoms with Crippen LogP contribution in [0.5, 0.6) is 11.5 Å². The number of aliphatic hydroxyl groups is 2. The van der Waals surface area contributed by atoms with E-state index >= 15 is 0 Å². The zero-order valence-corrected chi connectivity index (χ0v) is 23.3. The highest BCUT2D eigenvalue weighted by molar-refractivity contribution is 6.22. The van der Waals surface area contributed by atoms with Crippen molar-refractivity contribution < 1.29 is 44.3 Å². The molecule has 0 aromatic heterocycles. The Labute approximate surface area is 244 Å². The van der Waals surface area contributed by atoms with Crippen LogP contribution >= 0.6 is 0 Å². The maximum Gasteiger partial charge on any atom is 0.310 e. The molecule has 2 aromatic rings. The number of nitrogens with two attached hydrogens (primary N) is 1. The van der Waals surface area contributed by atoms with Gasteiger partial charge in [0.1, 0.15) is 34.6 Å².